The van der Waals surface area contributed by atoms with Crippen LogP contribution in [0.2, 0.25) is 0 Å². The van der Waals surface area contributed by atoms with Gasteiger partial charge in [0.05, 0.1) is 11.9 Å². The standard InChI is InChI=1S/C11H14N2O/c1-3-4-5-9(2)11-7-12-10(8-14)6-13-11/h3-4,6-9H,5H2,1-2H3. The van der Waals surface area contributed by atoms with E-state index in [1.54, 1.807) is 6.20 Å². The first kappa shape index (κ1) is 10.6. The number of carbonyl (C=O) groups is 1. The van der Waals surface area contributed by atoms with Crippen molar-refractivity contribution < 1.29 is 4.79 Å². The fourth-order valence-corrected chi connectivity index (χ4v) is 1.12. The van der Waals surface area contributed by atoms with Crippen molar-refractivity contribution in [3.8, 4) is 0 Å². The van der Waals surface area contributed by atoms with Crippen molar-refractivity contribution in [2.75, 3.05) is 0 Å². The highest BCUT2D eigenvalue weighted by molar-refractivity contribution is 5.70. The van der Waals surface area contributed by atoms with E-state index < -0.39 is 0 Å². The van der Waals surface area contributed by atoms with Crippen molar-refractivity contribution in [2.45, 2.75) is 26.2 Å². The van der Waals surface area contributed by atoms with Gasteiger partial charge in [0, 0.05) is 12.1 Å². The molecule has 3 nitrogen and oxygen atoms in total. The molecule has 1 unspecified atom stereocenters. The third-order valence-corrected chi connectivity index (χ3v) is 2.04. The smallest absolute Gasteiger partial charge is 0.170 e. The van der Waals surface area contributed by atoms with Crippen LogP contribution in [-0.4, -0.2) is 16.3 Å². The number of rotatable bonds is 4. The summed E-state index contributed by atoms with van der Waals surface area (Å²) in [5.41, 5.74) is 1.31. The van der Waals surface area contributed by atoms with Crippen LogP contribution in [0, 0.1) is 0 Å². The topological polar surface area (TPSA) is 42.9 Å². The Hall–Kier alpha value is -1.51. The first-order valence-electron chi connectivity index (χ1n) is 4.66. The summed E-state index contributed by atoms with van der Waals surface area (Å²) in [4.78, 5) is 18.5. The van der Waals surface area contributed by atoms with Gasteiger partial charge < -0.3 is 0 Å². The zero-order valence-corrected chi connectivity index (χ0v) is 8.47. The van der Waals surface area contributed by atoms with Gasteiger partial charge in [-0.2, -0.15) is 0 Å². The van der Waals surface area contributed by atoms with Crippen LogP contribution in [0.4, 0.5) is 0 Å². The molecule has 74 valence electrons. The van der Waals surface area contributed by atoms with Crippen LogP contribution in [0.25, 0.3) is 0 Å². The van der Waals surface area contributed by atoms with Crippen LogP contribution in [0.5, 0.6) is 0 Å². The molecule has 0 saturated carbocycles. The van der Waals surface area contributed by atoms with Crippen molar-refractivity contribution >= 4 is 6.29 Å². The van der Waals surface area contributed by atoms with E-state index in [1.807, 2.05) is 13.0 Å². The molecule has 1 rings (SSSR count). The van der Waals surface area contributed by atoms with Gasteiger partial charge in [0.15, 0.2) is 6.29 Å². The van der Waals surface area contributed by atoms with E-state index in [9.17, 15) is 4.79 Å². The van der Waals surface area contributed by atoms with E-state index in [0.717, 1.165) is 12.1 Å². The third kappa shape index (κ3) is 2.76. The van der Waals surface area contributed by atoms with Gasteiger partial charge in [-0.25, -0.2) is 4.98 Å². The van der Waals surface area contributed by atoms with E-state index in [-0.39, 0.29) is 0 Å². The van der Waals surface area contributed by atoms with Crippen LogP contribution in [0.3, 0.4) is 0 Å². The lowest BCUT2D eigenvalue weighted by molar-refractivity contribution is 0.111. The Bertz CT molecular complexity index is 317. The fraction of sp³-hybridized carbons (Fsp3) is 0.364. The Morgan fingerprint density at radius 3 is 2.71 bits per heavy atom. The number of nitrogens with zero attached hydrogens (tertiary/aromatic N) is 2. The summed E-state index contributed by atoms with van der Waals surface area (Å²) in [5, 5.41) is 0. The molecule has 1 aromatic rings. The third-order valence-electron chi connectivity index (χ3n) is 2.04. The molecule has 0 bridgehead atoms. The summed E-state index contributed by atoms with van der Waals surface area (Å²) in [6.45, 7) is 4.08. The van der Waals surface area contributed by atoms with Gasteiger partial charge in [-0.05, 0) is 13.3 Å². The van der Waals surface area contributed by atoms with Crippen LogP contribution < -0.4 is 0 Å². The van der Waals surface area contributed by atoms with Gasteiger partial charge in [0.1, 0.15) is 5.69 Å². The first-order valence-corrected chi connectivity index (χ1v) is 4.66. The molecule has 0 aromatic carbocycles. The lowest BCUT2D eigenvalue weighted by atomic mass is 10.0. The first-order chi connectivity index (χ1) is 6.77. The highest BCUT2D eigenvalue weighted by Crippen LogP contribution is 2.15. The van der Waals surface area contributed by atoms with Gasteiger partial charge in [0.2, 0.25) is 0 Å². The normalized spacial score (nSPS) is 13.0. The Morgan fingerprint density at radius 1 is 1.43 bits per heavy atom. The molecule has 0 saturated heterocycles. The van der Waals surface area contributed by atoms with Gasteiger partial charge in [-0.1, -0.05) is 19.1 Å². The highest BCUT2D eigenvalue weighted by atomic mass is 16.1. The maximum atomic E-state index is 10.3. The van der Waals surface area contributed by atoms with Gasteiger partial charge in [-0.15, -0.1) is 0 Å². The van der Waals surface area contributed by atoms with Crippen molar-refractivity contribution in [3.05, 3.63) is 35.9 Å². The zero-order chi connectivity index (χ0) is 10.4. The Morgan fingerprint density at radius 2 is 2.21 bits per heavy atom. The molecule has 0 spiro atoms. The fourth-order valence-electron chi connectivity index (χ4n) is 1.12. The minimum Gasteiger partial charge on any atom is -0.296 e. The Labute approximate surface area is 83.9 Å². The lowest BCUT2D eigenvalue weighted by Gasteiger charge is -2.06. The summed E-state index contributed by atoms with van der Waals surface area (Å²) in [6, 6.07) is 0. The maximum Gasteiger partial charge on any atom is 0.170 e. The average molecular weight is 190 g/mol. The van der Waals surface area contributed by atoms with Crippen LogP contribution >= 0.6 is 0 Å². The predicted octanol–water partition coefficient (Wildman–Crippen LogP) is 2.36. The SMILES string of the molecule is CC=CCC(C)c1cnc(C=O)cn1. The van der Waals surface area contributed by atoms with Gasteiger partial charge in [-0.3, -0.25) is 9.78 Å². The van der Waals surface area contributed by atoms with E-state index >= 15 is 0 Å². The molecular formula is C11H14N2O. The molecule has 0 radical (unpaired) electrons. The molecule has 3 heteroatoms. The zero-order valence-electron chi connectivity index (χ0n) is 8.47. The van der Waals surface area contributed by atoms with Crippen LogP contribution in [0.1, 0.15) is 42.4 Å². The monoisotopic (exact) mass is 190 g/mol. The molecule has 14 heavy (non-hydrogen) atoms. The minimum absolute atomic E-state index is 0.347. The molecule has 0 N–H and O–H groups in total. The highest BCUT2D eigenvalue weighted by Gasteiger charge is 2.05. The van der Waals surface area contributed by atoms with Crippen LogP contribution in [-0.2, 0) is 0 Å². The minimum atomic E-state index is 0.347. The molecular weight excluding hydrogens is 176 g/mol. The van der Waals surface area contributed by atoms with E-state index in [0.29, 0.717) is 17.9 Å². The summed E-state index contributed by atoms with van der Waals surface area (Å²) >= 11 is 0. The second-order valence-electron chi connectivity index (χ2n) is 3.19. The average Bonchev–Trinajstić information content (AvgIpc) is 2.26. The second kappa shape index (κ2) is 5.27. The summed E-state index contributed by atoms with van der Waals surface area (Å²) in [6.07, 6.45) is 8.94. The van der Waals surface area contributed by atoms with E-state index in [2.05, 4.69) is 23.0 Å². The quantitative estimate of drug-likeness (QED) is 0.540. The molecule has 1 aromatic heterocycles. The Kier molecular flexibility index (Phi) is 3.98. The summed E-state index contributed by atoms with van der Waals surface area (Å²) in [5.74, 6) is 0.347. The molecule has 0 fully saturated rings. The molecule has 1 heterocycles. The number of aldehydes is 1. The second-order valence-corrected chi connectivity index (χ2v) is 3.19. The largest absolute Gasteiger partial charge is 0.296 e. The van der Waals surface area contributed by atoms with Crippen molar-refractivity contribution in [3.63, 3.8) is 0 Å². The number of hydrogen-bond acceptors (Lipinski definition) is 3. The van der Waals surface area contributed by atoms with E-state index in [4.69, 9.17) is 0 Å². The predicted molar refractivity (Wildman–Crippen MR) is 55.3 cm³/mol. The van der Waals surface area contributed by atoms with Crippen molar-refractivity contribution in [1.29, 1.82) is 0 Å². The van der Waals surface area contributed by atoms with Crippen molar-refractivity contribution in [1.82, 2.24) is 9.97 Å². The molecule has 0 aliphatic rings. The Balaban J connectivity index is 2.70. The summed E-state index contributed by atoms with van der Waals surface area (Å²) in [7, 11) is 0. The van der Waals surface area contributed by atoms with Crippen LogP contribution in [0.15, 0.2) is 24.5 Å². The molecule has 0 aliphatic heterocycles. The number of aromatic nitrogens is 2. The number of allylic oxidation sites excluding steroid dienone is 2. The molecule has 0 amide bonds. The molecule has 1 atom stereocenters. The van der Waals surface area contributed by atoms with Gasteiger partial charge >= 0.3 is 0 Å². The van der Waals surface area contributed by atoms with Crippen molar-refractivity contribution in [2.24, 2.45) is 0 Å². The van der Waals surface area contributed by atoms with E-state index in [1.165, 1.54) is 6.20 Å². The molecule has 0 aliphatic carbocycles. The summed E-state index contributed by atoms with van der Waals surface area (Å²) < 4.78 is 0. The van der Waals surface area contributed by atoms with Gasteiger partial charge in [0.25, 0.3) is 0 Å². The lowest BCUT2D eigenvalue weighted by Crippen LogP contribution is -1.98. The number of hydrogen-bond donors (Lipinski definition) is 0. The maximum absolute atomic E-state index is 10.3. The number of carbonyl (C=O) groups excluding carboxylic acids is 1.